The largest absolute Gasteiger partial charge is 0.313 e. The molecule has 0 radical (unpaired) electrons. The molecule has 3 unspecified atom stereocenters. The van der Waals surface area contributed by atoms with E-state index in [0.29, 0.717) is 6.42 Å². The highest BCUT2D eigenvalue weighted by atomic mass is 19.3. The Morgan fingerprint density at radius 3 is 2.62 bits per heavy atom. The second-order valence-electron chi connectivity index (χ2n) is 4.68. The SMILES string of the molecule is CC1CC1CNC1CCC(F)(F)C1. The molecule has 0 amide bonds. The standard InChI is InChI=1S/C10H17F2N/c1-7-4-8(7)6-13-9-2-3-10(11,12)5-9/h7-9,13H,2-6H2,1H3. The molecule has 2 aliphatic rings. The fourth-order valence-electron chi connectivity index (χ4n) is 2.13. The van der Waals surface area contributed by atoms with Crippen molar-refractivity contribution in [2.75, 3.05) is 6.54 Å². The van der Waals surface area contributed by atoms with Crippen molar-refractivity contribution in [1.29, 1.82) is 0 Å². The molecule has 0 aromatic carbocycles. The third kappa shape index (κ3) is 2.39. The van der Waals surface area contributed by atoms with Crippen LogP contribution in [0.1, 0.15) is 32.6 Å². The number of alkyl halides is 2. The minimum atomic E-state index is -2.40. The molecule has 2 fully saturated rings. The van der Waals surface area contributed by atoms with E-state index in [4.69, 9.17) is 0 Å². The molecule has 0 aromatic rings. The lowest BCUT2D eigenvalue weighted by molar-refractivity contribution is 0.00690. The predicted molar refractivity (Wildman–Crippen MR) is 47.9 cm³/mol. The van der Waals surface area contributed by atoms with Gasteiger partial charge < -0.3 is 5.32 Å². The first kappa shape index (κ1) is 9.38. The zero-order valence-corrected chi connectivity index (χ0v) is 8.02. The maximum atomic E-state index is 12.8. The topological polar surface area (TPSA) is 12.0 Å². The number of halogens is 2. The van der Waals surface area contributed by atoms with Crippen LogP contribution in [0, 0.1) is 11.8 Å². The average Bonchev–Trinajstić information content (AvgIpc) is 2.62. The van der Waals surface area contributed by atoms with Gasteiger partial charge in [-0.2, -0.15) is 0 Å². The van der Waals surface area contributed by atoms with Crippen LogP contribution < -0.4 is 5.32 Å². The monoisotopic (exact) mass is 189 g/mol. The van der Waals surface area contributed by atoms with Gasteiger partial charge in [-0.15, -0.1) is 0 Å². The van der Waals surface area contributed by atoms with E-state index in [9.17, 15) is 8.78 Å². The van der Waals surface area contributed by atoms with Crippen LogP contribution >= 0.6 is 0 Å². The van der Waals surface area contributed by atoms with Gasteiger partial charge in [0.25, 0.3) is 0 Å². The number of nitrogens with one attached hydrogen (secondary N) is 1. The summed E-state index contributed by atoms with van der Waals surface area (Å²) in [6, 6.07) is 0.0720. The van der Waals surface area contributed by atoms with E-state index in [1.54, 1.807) is 0 Å². The Hall–Kier alpha value is -0.180. The maximum absolute atomic E-state index is 12.8. The van der Waals surface area contributed by atoms with Gasteiger partial charge in [0, 0.05) is 18.9 Å². The van der Waals surface area contributed by atoms with E-state index in [1.807, 2.05) is 0 Å². The van der Waals surface area contributed by atoms with Crippen LogP contribution in [0.15, 0.2) is 0 Å². The van der Waals surface area contributed by atoms with Gasteiger partial charge in [-0.25, -0.2) is 8.78 Å². The van der Waals surface area contributed by atoms with Crippen LogP contribution in [0.5, 0.6) is 0 Å². The van der Waals surface area contributed by atoms with Crippen molar-refractivity contribution in [1.82, 2.24) is 5.32 Å². The van der Waals surface area contributed by atoms with E-state index < -0.39 is 5.92 Å². The van der Waals surface area contributed by atoms with Crippen molar-refractivity contribution >= 4 is 0 Å². The quantitative estimate of drug-likeness (QED) is 0.719. The van der Waals surface area contributed by atoms with Gasteiger partial charge in [0.05, 0.1) is 0 Å². The van der Waals surface area contributed by atoms with Gasteiger partial charge >= 0.3 is 0 Å². The molecule has 0 aliphatic heterocycles. The highest BCUT2D eigenvalue weighted by Gasteiger charge is 2.40. The molecule has 3 heteroatoms. The predicted octanol–water partition coefficient (Wildman–Crippen LogP) is 2.42. The highest BCUT2D eigenvalue weighted by Crippen LogP contribution is 2.38. The first-order valence-corrected chi connectivity index (χ1v) is 5.18. The summed E-state index contributed by atoms with van der Waals surface area (Å²) in [5, 5.41) is 3.25. The van der Waals surface area contributed by atoms with Crippen LogP contribution in [-0.4, -0.2) is 18.5 Å². The van der Waals surface area contributed by atoms with Gasteiger partial charge in [-0.05, 0) is 31.2 Å². The van der Waals surface area contributed by atoms with Gasteiger partial charge in [-0.1, -0.05) is 6.92 Å². The first-order chi connectivity index (χ1) is 6.07. The zero-order chi connectivity index (χ0) is 9.47. The molecule has 0 aromatic heterocycles. The van der Waals surface area contributed by atoms with Gasteiger partial charge in [-0.3, -0.25) is 0 Å². The molecule has 3 atom stereocenters. The second-order valence-corrected chi connectivity index (χ2v) is 4.68. The minimum absolute atomic E-state index is 0.0497. The molecular weight excluding hydrogens is 172 g/mol. The van der Waals surface area contributed by atoms with E-state index in [1.165, 1.54) is 6.42 Å². The van der Waals surface area contributed by atoms with Crippen LogP contribution in [0.2, 0.25) is 0 Å². The molecule has 0 heterocycles. The van der Waals surface area contributed by atoms with Crippen LogP contribution in [0.25, 0.3) is 0 Å². The van der Waals surface area contributed by atoms with Crippen LogP contribution in [-0.2, 0) is 0 Å². The molecule has 13 heavy (non-hydrogen) atoms. The Morgan fingerprint density at radius 2 is 2.15 bits per heavy atom. The Kier molecular flexibility index (Phi) is 2.30. The normalized spacial score (nSPS) is 42.2. The molecule has 0 spiro atoms. The maximum Gasteiger partial charge on any atom is 0.249 e. The van der Waals surface area contributed by atoms with Crippen molar-refractivity contribution in [3.8, 4) is 0 Å². The molecule has 2 aliphatic carbocycles. The summed E-state index contributed by atoms with van der Waals surface area (Å²) in [6.45, 7) is 3.16. The molecule has 2 rings (SSSR count). The lowest BCUT2D eigenvalue weighted by atomic mass is 10.2. The van der Waals surface area contributed by atoms with Crippen LogP contribution in [0.4, 0.5) is 8.78 Å². The molecule has 1 N–H and O–H groups in total. The van der Waals surface area contributed by atoms with Crippen LogP contribution in [0.3, 0.4) is 0 Å². The van der Waals surface area contributed by atoms with Crippen molar-refractivity contribution in [2.24, 2.45) is 11.8 Å². The fraction of sp³-hybridized carbons (Fsp3) is 1.00. The number of hydrogen-bond donors (Lipinski definition) is 1. The molecule has 76 valence electrons. The molecular formula is C10H17F2N. The van der Waals surface area contributed by atoms with Gasteiger partial charge in [0.15, 0.2) is 0 Å². The number of hydrogen-bond acceptors (Lipinski definition) is 1. The van der Waals surface area contributed by atoms with E-state index in [0.717, 1.165) is 18.4 Å². The average molecular weight is 189 g/mol. The third-order valence-electron chi connectivity index (χ3n) is 3.35. The molecule has 1 nitrogen and oxygen atoms in total. The lowest BCUT2D eigenvalue weighted by Gasteiger charge is -2.12. The van der Waals surface area contributed by atoms with E-state index >= 15 is 0 Å². The van der Waals surface area contributed by atoms with Crippen molar-refractivity contribution in [2.45, 2.75) is 44.6 Å². The number of rotatable bonds is 3. The Balaban J connectivity index is 1.66. The van der Waals surface area contributed by atoms with Gasteiger partial charge in [0.1, 0.15) is 0 Å². The minimum Gasteiger partial charge on any atom is -0.313 e. The van der Waals surface area contributed by atoms with Crippen molar-refractivity contribution in [3.05, 3.63) is 0 Å². The summed E-state index contributed by atoms with van der Waals surface area (Å²) in [4.78, 5) is 0. The smallest absolute Gasteiger partial charge is 0.249 e. The molecule has 0 saturated heterocycles. The van der Waals surface area contributed by atoms with Crippen molar-refractivity contribution < 1.29 is 8.78 Å². The Morgan fingerprint density at radius 1 is 1.46 bits per heavy atom. The summed E-state index contributed by atoms with van der Waals surface area (Å²) in [5.74, 6) is -0.823. The zero-order valence-electron chi connectivity index (χ0n) is 8.02. The fourth-order valence-corrected chi connectivity index (χ4v) is 2.13. The van der Waals surface area contributed by atoms with E-state index in [-0.39, 0.29) is 18.9 Å². The lowest BCUT2D eigenvalue weighted by Crippen LogP contribution is -2.30. The van der Waals surface area contributed by atoms with E-state index in [2.05, 4.69) is 12.2 Å². The summed E-state index contributed by atoms with van der Waals surface area (Å²) in [7, 11) is 0. The highest BCUT2D eigenvalue weighted by molar-refractivity contribution is 4.89. The summed E-state index contributed by atoms with van der Waals surface area (Å²) in [5.41, 5.74) is 0. The van der Waals surface area contributed by atoms with Crippen molar-refractivity contribution in [3.63, 3.8) is 0 Å². The Bertz CT molecular complexity index is 193. The second kappa shape index (κ2) is 3.19. The molecule has 0 bridgehead atoms. The summed E-state index contributed by atoms with van der Waals surface area (Å²) < 4.78 is 25.5. The first-order valence-electron chi connectivity index (χ1n) is 5.18. The summed E-state index contributed by atoms with van der Waals surface area (Å²) >= 11 is 0. The Labute approximate surface area is 77.9 Å². The summed E-state index contributed by atoms with van der Waals surface area (Å²) in [6.07, 6.45) is 2.04. The van der Waals surface area contributed by atoms with Gasteiger partial charge in [0.2, 0.25) is 5.92 Å². The molecule has 2 saturated carbocycles. The third-order valence-corrected chi connectivity index (χ3v) is 3.35.